The van der Waals surface area contributed by atoms with E-state index >= 15 is 0 Å². The van der Waals surface area contributed by atoms with Crippen LogP contribution in [0.4, 0.5) is 10.5 Å². The number of para-hydroxylation sites is 1. The minimum absolute atomic E-state index is 0.0658. The molecule has 0 radical (unpaired) electrons. The van der Waals surface area contributed by atoms with Crippen LogP contribution in [-0.2, 0) is 16.1 Å². The zero-order chi connectivity index (χ0) is 19.5. The molecule has 1 atom stereocenters. The Morgan fingerprint density at radius 3 is 2.46 bits per heavy atom. The number of carbonyl (C=O) groups is 3. The molecule has 0 saturated carbocycles. The van der Waals surface area contributed by atoms with Gasteiger partial charge in [0.2, 0.25) is 11.8 Å². The fourth-order valence-electron chi connectivity index (χ4n) is 3.61. The summed E-state index contributed by atoms with van der Waals surface area (Å²) in [6.45, 7) is 2.85. The minimum Gasteiger partial charge on any atom is -0.368 e. The van der Waals surface area contributed by atoms with Gasteiger partial charge < -0.3 is 15.1 Å². The molecule has 0 aliphatic carbocycles. The van der Waals surface area contributed by atoms with Crippen LogP contribution < -0.4 is 10.2 Å². The van der Waals surface area contributed by atoms with E-state index in [9.17, 15) is 14.4 Å². The van der Waals surface area contributed by atoms with E-state index in [1.807, 2.05) is 35.7 Å². The molecule has 1 unspecified atom stereocenters. The Hall–Kier alpha value is -2.87. The van der Waals surface area contributed by atoms with Crippen molar-refractivity contribution in [2.75, 3.05) is 37.6 Å². The Kier molecular flexibility index (Phi) is 5.29. The van der Waals surface area contributed by atoms with Crippen molar-refractivity contribution in [1.82, 2.24) is 15.1 Å². The van der Waals surface area contributed by atoms with Gasteiger partial charge in [-0.15, -0.1) is 11.3 Å². The molecule has 2 aliphatic heterocycles. The highest BCUT2D eigenvalue weighted by Gasteiger charge is 2.41. The van der Waals surface area contributed by atoms with Crippen LogP contribution in [-0.4, -0.2) is 60.4 Å². The predicted molar refractivity (Wildman–Crippen MR) is 107 cm³/mol. The Balaban J connectivity index is 1.39. The fraction of sp³-hybridized carbons (Fsp3) is 0.350. The number of urea groups is 1. The number of hydrogen-bond donors (Lipinski definition) is 1. The second-order valence-corrected chi connectivity index (χ2v) is 7.92. The van der Waals surface area contributed by atoms with E-state index in [0.29, 0.717) is 13.1 Å². The number of piperazine rings is 1. The molecule has 4 amide bonds. The van der Waals surface area contributed by atoms with Gasteiger partial charge in [-0.05, 0) is 23.6 Å². The van der Waals surface area contributed by atoms with Gasteiger partial charge in [0.25, 0.3) is 0 Å². The van der Waals surface area contributed by atoms with E-state index in [0.717, 1.165) is 28.6 Å². The van der Waals surface area contributed by atoms with Crippen molar-refractivity contribution in [2.45, 2.75) is 6.54 Å². The lowest BCUT2D eigenvalue weighted by Crippen LogP contribution is -2.60. The summed E-state index contributed by atoms with van der Waals surface area (Å²) in [5, 5.41) is 4.59. The summed E-state index contributed by atoms with van der Waals surface area (Å²) in [6.07, 6.45) is 0. The van der Waals surface area contributed by atoms with Crippen molar-refractivity contribution in [3.8, 4) is 0 Å². The molecule has 3 heterocycles. The third-order valence-corrected chi connectivity index (χ3v) is 6.03. The smallest absolute Gasteiger partial charge is 0.324 e. The maximum Gasteiger partial charge on any atom is 0.324 e. The fourth-order valence-corrected chi connectivity index (χ4v) is 4.30. The lowest BCUT2D eigenvalue weighted by Gasteiger charge is -2.39. The number of carbonyl (C=O) groups excluding carboxylic acids is 3. The summed E-state index contributed by atoms with van der Waals surface area (Å²) in [5.74, 6) is -1.46. The number of amides is 4. The maximum absolute atomic E-state index is 13.0. The second-order valence-electron chi connectivity index (χ2n) is 6.89. The zero-order valence-corrected chi connectivity index (χ0v) is 16.2. The third kappa shape index (κ3) is 3.73. The number of nitrogens with one attached hydrogen (secondary N) is 1. The Morgan fingerprint density at radius 1 is 1.04 bits per heavy atom. The molecule has 1 aromatic heterocycles. The molecule has 7 nitrogen and oxygen atoms in total. The standard InChI is InChI=1S/C20H22N4O3S/c25-18(23-10-8-22(9-11-23)15-5-2-1-3-6-15)17-13-21-20(27)24(19(17)26)14-16-7-4-12-28-16/h1-7,12,17H,8-11,13-14H2,(H,21,27). The molecular formula is C20H22N4O3S. The van der Waals surface area contributed by atoms with E-state index in [-0.39, 0.29) is 19.0 Å². The van der Waals surface area contributed by atoms with Crippen molar-refractivity contribution in [3.63, 3.8) is 0 Å². The van der Waals surface area contributed by atoms with Crippen LogP contribution in [0.2, 0.25) is 0 Å². The highest BCUT2D eigenvalue weighted by atomic mass is 32.1. The van der Waals surface area contributed by atoms with Crippen LogP contribution in [0.15, 0.2) is 47.8 Å². The Labute approximate surface area is 167 Å². The SMILES string of the molecule is O=C(C1CNC(=O)N(Cc2cccs2)C1=O)N1CCN(c2ccccc2)CC1. The number of thiophene rings is 1. The van der Waals surface area contributed by atoms with Gasteiger partial charge in [-0.3, -0.25) is 14.5 Å². The summed E-state index contributed by atoms with van der Waals surface area (Å²) in [5.41, 5.74) is 1.14. The van der Waals surface area contributed by atoms with Gasteiger partial charge in [-0.25, -0.2) is 4.79 Å². The molecule has 28 heavy (non-hydrogen) atoms. The molecule has 146 valence electrons. The molecule has 2 fully saturated rings. The number of nitrogens with zero attached hydrogens (tertiary/aromatic N) is 3. The van der Waals surface area contributed by atoms with Crippen LogP contribution in [0, 0.1) is 5.92 Å². The van der Waals surface area contributed by atoms with Gasteiger partial charge in [0, 0.05) is 43.3 Å². The first-order chi connectivity index (χ1) is 13.6. The molecule has 2 aliphatic rings. The number of benzene rings is 1. The Bertz CT molecular complexity index is 848. The molecule has 2 aromatic rings. The second kappa shape index (κ2) is 8.02. The molecule has 1 N–H and O–H groups in total. The average Bonchev–Trinajstić information content (AvgIpc) is 3.25. The van der Waals surface area contributed by atoms with Gasteiger partial charge in [0.15, 0.2) is 0 Å². The summed E-state index contributed by atoms with van der Waals surface area (Å²) in [4.78, 5) is 44.0. The molecule has 0 spiro atoms. The van der Waals surface area contributed by atoms with E-state index in [1.165, 1.54) is 11.3 Å². The van der Waals surface area contributed by atoms with E-state index < -0.39 is 17.9 Å². The van der Waals surface area contributed by atoms with Gasteiger partial charge in [-0.2, -0.15) is 0 Å². The molecular weight excluding hydrogens is 376 g/mol. The van der Waals surface area contributed by atoms with Crippen LogP contribution >= 0.6 is 11.3 Å². The van der Waals surface area contributed by atoms with Crippen molar-refractivity contribution in [3.05, 3.63) is 52.7 Å². The van der Waals surface area contributed by atoms with Gasteiger partial charge in [0.1, 0.15) is 5.92 Å². The molecule has 0 bridgehead atoms. The molecule has 4 rings (SSSR count). The molecule has 1 aromatic carbocycles. The lowest BCUT2D eigenvalue weighted by atomic mass is 10.0. The van der Waals surface area contributed by atoms with Crippen LogP contribution in [0.3, 0.4) is 0 Å². The van der Waals surface area contributed by atoms with Crippen molar-refractivity contribution >= 4 is 34.9 Å². The predicted octanol–water partition coefficient (Wildman–Crippen LogP) is 1.76. The van der Waals surface area contributed by atoms with Crippen molar-refractivity contribution in [1.29, 1.82) is 0 Å². The highest BCUT2D eigenvalue weighted by Crippen LogP contribution is 2.20. The minimum atomic E-state index is -0.846. The largest absolute Gasteiger partial charge is 0.368 e. The number of imide groups is 1. The number of rotatable bonds is 4. The maximum atomic E-state index is 13.0. The number of anilines is 1. The molecule has 2 saturated heterocycles. The van der Waals surface area contributed by atoms with Crippen molar-refractivity contribution < 1.29 is 14.4 Å². The average molecular weight is 398 g/mol. The first-order valence-electron chi connectivity index (χ1n) is 9.34. The normalized spacial score (nSPS) is 20.3. The monoisotopic (exact) mass is 398 g/mol. The van der Waals surface area contributed by atoms with E-state index in [1.54, 1.807) is 4.90 Å². The van der Waals surface area contributed by atoms with Crippen molar-refractivity contribution in [2.24, 2.45) is 5.92 Å². The first-order valence-corrected chi connectivity index (χ1v) is 10.2. The zero-order valence-electron chi connectivity index (χ0n) is 15.4. The first kappa shape index (κ1) is 18.5. The number of hydrogen-bond acceptors (Lipinski definition) is 5. The Morgan fingerprint density at radius 2 is 1.79 bits per heavy atom. The third-order valence-electron chi connectivity index (χ3n) is 5.17. The van der Waals surface area contributed by atoms with E-state index in [2.05, 4.69) is 22.3 Å². The lowest BCUT2D eigenvalue weighted by molar-refractivity contribution is -0.147. The van der Waals surface area contributed by atoms with Crippen LogP contribution in [0.5, 0.6) is 0 Å². The quantitative estimate of drug-likeness (QED) is 0.797. The highest BCUT2D eigenvalue weighted by molar-refractivity contribution is 7.09. The van der Waals surface area contributed by atoms with Crippen LogP contribution in [0.1, 0.15) is 4.88 Å². The summed E-state index contributed by atoms with van der Waals surface area (Å²) < 4.78 is 0. The van der Waals surface area contributed by atoms with Gasteiger partial charge in [0.05, 0.1) is 6.54 Å². The summed E-state index contributed by atoms with van der Waals surface area (Å²) in [6, 6.07) is 13.4. The summed E-state index contributed by atoms with van der Waals surface area (Å²) in [7, 11) is 0. The molecule has 8 heteroatoms. The van der Waals surface area contributed by atoms with Gasteiger partial charge in [-0.1, -0.05) is 24.3 Å². The summed E-state index contributed by atoms with van der Waals surface area (Å²) >= 11 is 1.48. The van der Waals surface area contributed by atoms with E-state index in [4.69, 9.17) is 0 Å². The van der Waals surface area contributed by atoms with Crippen LogP contribution in [0.25, 0.3) is 0 Å². The van der Waals surface area contributed by atoms with Gasteiger partial charge >= 0.3 is 6.03 Å². The topological polar surface area (TPSA) is 73.0 Å².